The van der Waals surface area contributed by atoms with Crippen LogP contribution >= 0.6 is 24.0 Å². The van der Waals surface area contributed by atoms with Crippen LogP contribution in [-0.4, -0.2) is 34.2 Å². The summed E-state index contributed by atoms with van der Waals surface area (Å²) in [7, 11) is 0. The Morgan fingerprint density at radius 1 is 1.14 bits per heavy atom. The third-order valence-electron chi connectivity index (χ3n) is 4.08. The van der Waals surface area contributed by atoms with Gasteiger partial charge in [0.15, 0.2) is 11.8 Å². The van der Waals surface area contributed by atoms with Gasteiger partial charge in [0.1, 0.15) is 0 Å². The van der Waals surface area contributed by atoms with Crippen LogP contribution in [0.4, 0.5) is 0 Å². The lowest BCUT2D eigenvalue weighted by Gasteiger charge is -2.06. The number of nitrogens with two attached hydrogens (primary N) is 1. The molecule has 0 radical (unpaired) electrons. The van der Waals surface area contributed by atoms with Gasteiger partial charge >= 0.3 is 0 Å². The van der Waals surface area contributed by atoms with Crippen molar-refractivity contribution in [1.29, 1.82) is 0 Å². The summed E-state index contributed by atoms with van der Waals surface area (Å²) >= 11 is 0. The molecule has 2 heterocycles. The third kappa shape index (κ3) is 6.59. The fourth-order valence-corrected chi connectivity index (χ4v) is 2.56. The van der Waals surface area contributed by atoms with Crippen LogP contribution in [0.2, 0.25) is 0 Å². The maximum Gasteiger partial charge on any atom is 0.257 e. The number of nitrogens with one attached hydrogen (secondary N) is 1. The molecule has 0 unspecified atom stereocenters. The van der Waals surface area contributed by atoms with Crippen LogP contribution in [0.25, 0.3) is 11.5 Å². The van der Waals surface area contributed by atoms with Crippen LogP contribution in [0.1, 0.15) is 24.0 Å². The molecule has 0 atom stereocenters. The molecule has 0 saturated carbocycles. The van der Waals surface area contributed by atoms with Crippen LogP contribution < -0.4 is 11.1 Å². The highest BCUT2D eigenvalue weighted by Crippen LogP contribution is 2.18. The Bertz CT molecular complexity index is 864. The highest BCUT2D eigenvalue weighted by molar-refractivity contribution is 14.0. The molecule has 3 N–H and O–H groups in total. The zero-order valence-electron chi connectivity index (χ0n) is 15.8. The Labute approximate surface area is 181 Å². The summed E-state index contributed by atoms with van der Waals surface area (Å²) < 4.78 is 5.25. The number of pyridine rings is 1. The summed E-state index contributed by atoms with van der Waals surface area (Å²) in [5.41, 5.74) is 9.05. The lowest BCUT2D eigenvalue weighted by Crippen LogP contribution is -2.33. The van der Waals surface area contributed by atoms with Crippen LogP contribution in [-0.2, 0) is 19.3 Å². The Kier molecular flexibility index (Phi) is 8.86. The number of nitrogens with zero attached hydrogens (tertiary/aromatic N) is 4. The average Bonchev–Trinajstić information content (AvgIpc) is 3.19. The summed E-state index contributed by atoms with van der Waals surface area (Å²) in [6.45, 7) is 3.34. The number of guanidine groups is 1. The number of aliphatic imine (C=N–C) groups is 1. The third-order valence-corrected chi connectivity index (χ3v) is 4.08. The lowest BCUT2D eigenvalue weighted by molar-refractivity contribution is 0.423. The fourth-order valence-electron chi connectivity index (χ4n) is 2.56. The maximum absolute atomic E-state index is 5.91. The maximum atomic E-state index is 5.91. The highest BCUT2D eigenvalue weighted by Gasteiger charge is 2.07. The van der Waals surface area contributed by atoms with Crippen molar-refractivity contribution >= 4 is 29.9 Å². The van der Waals surface area contributed by atoms with Gasteiger partial charge in [-0.15, -0.1) is 24.0 Å². The second-order valence-electron chi connectivity index (χ2n) is 6.08. The summed E-state index contributed by atoms with van der Waals surface area (Å²) in [6, 6.07) is 14.0. The van der Waals surface area contributed by atoms with E-state index in [0.29, 0.717) is 18.4 Å². The van der Waals surface area contributed by atoms with Gasteiger partial charge in [-0.2, -0.15) is 4.98 Å². The smallest absolute Gasteiger partial charge is 0.257 e. The molecule has 0 bridgehead atoms. The Balaban J connectivity index is 0.00000280. The van der Waals surface area contributed by atoms with Crippen molar-refractivity contribution in [1.82, 2.24) is 20.4 Å². The van der Waals surface area contributed by atoms with E-state index in [1.165, 1.54) is 5.56 Å². The molecular formula is C20H25IN6O. The van der Waals surface area contributed by atoms with Gasteiger partial charge in [0.2, 0.25) is 0 Å². The summed E-state index contributed by atoms with van der Waals surface area (Å²) in [5.74, 6) is 1.73. The van der Waals surface area contributed by atoms with Crippen molar-refractivity contribution in [2.24, 2.45) is 10.7 Å². The molecule has 3 rings (SSSR count). The molecular weight excluding hydrogens is 467 g/mol. The number of halogens is 1. The predicted octanol–water partition coefficient (Wildman–Crippen LogP) is 3.00. The van der Waals surface area contributed by atoms with E-state index in [0.717, 1.165) is 42.9 Å². The summed E-state index contributed by atoms with van der Waals surface area (Å²) in [6.07, 6.45) is 4.17. The van der Waals surface area contributed by atoms with Crippen LogP contribution in [0.15, 0.2) is 58.2 Å². The van der Waals surface area contributed by atoms with Gasteiger partial charge in [-0.05, 0) is 36.2 Å². The monoisotopic (exact) mass is 492 g/mol. The molecule has 0 spiro atoms. The first-order valence-corrected chi connectivity index (χ1v) is 9.10. The predicted molar refractivity (Wildman–Crippen MR) is 121 cm³/mol. The molecule has 8 heteroatoms. The molecule has 0 aliphatic heterocycles. The van der Waals surface area contributed by atoms with Crippen LogP contribution in [0.3, 0.4) is 0 Å². The van der Waals surface area contributed by atoms with Crippen molar-refractivity contribution < 1.29 is 4.52 Å². The van der Waals surface area contributed by atoms with Gasteiger partial charge < -0.3 is 15.6 Å². The number of benzene rings is 1. The van der Waals surface area contributed by atoms with Crippen LogP contribution in [0, 0.1) is 0 Å². The number of hydrogen-bond acceptors (Lipinski definition) is 5. The highest BCUT2D eigenvalue weighted by atomic mass is 127. The minimum absolute atomic E-state index is 0. The first-order valence-electron chi connectivity index (χ1n) is 9.10. The average molecular weight is 492 g/mol. The van der Waals surface area contributed by atoms with E-state index in [4.69, 9.17) is 10.3 Å². The molecule has 7 nitrogen and oxygen atoms in total. The number of aromatic nitrogens is 3. The topological polar surface area (TPSA) is 102 Å². The second-order valence-corrected chi connectivity index (χ2v) is 6.08. The van der Waals surface area contributed by atoms with Crippen molar-refractivity contribution in [3.63, 3.8) is 0 Å². The quantitative estimate of drug-likeness (QED) is 0.285. The molecule has 148 valence electrons. The molecule has 0 amide bonds. The zero-order chi connectivity index (χ0) is 18.9. The number of rotatable bonds is 8. The van der Waals surface area contributed by atoms with Crippen molar-refractivity contribution in [3.05, 3.63) is 65.7 Å². The zero-order valence-corrected chi connectivity index (χ0v) is 18.2. The largest absolute Gasteiger partial charge is 0.370 e. The molecule has 28 heavy (non-hydrogen) atoms. The lowest BCUT2D eigenvalue weighted by atomic mass is 10.1. The molecule has 0 saturated heterocycles. The van der Waals surface area contributed by atoms with E-state index in [-0.39, 0.29) is 24.0 Å². The Morgan fingerprint density at radius 2 is 1.96 bits per heavy atom. The van der Waals surface area contributed by atoms with Gasteiger partial charge in [0, 0.05) is 43.4 Å². The first-order chi connectivity index (χ1) is 13.2. The number of aryl methyl sites for hydroxylation is 1. The van der Waals surface area contributed by atoms with Crippen molar-refractivity contribution in [3.8, 4) is 11.5 Å². The molecule has 3 aromatic rings. The number of hydrogen-bond donors (Lipinski definition) is 2. The van der Waals surface area contributed by atoms with E-state index >= 15 is 0 Å². The Hall–Kier alpha value is -2.49. The van der Waals surface area contributed by atoms with Gasteiger partial charge in [-0.25, -0.2) is 0 Å². The molecule has 2 aromatic heterocycles. The van der Waals surface area contributed by atoms with E-state index in [1.807, 2.05) is 37.3 Å². The minimum atomic E-state index is 0. The van der Waals surface area contributed by atoms with E-state index in [9.17, 15) is 0 Å². The minimum Gasteiger partial charge on any atom is -0.370 e. The van der Waals surface area contributed by atoms with Crippen LogP contribution in [0.5, 0.6) is 0 Å². The standard InChI is InChI=1S/C20H24N6O.HI/c1-2-18-25-19(27-26-18)16-8-6-15(7-9-16)10-13-23-20(21)24-14-11-17-5-3-4-12-22-17;/h3-9,12H,2,10-11,13-14H2,1H3,(H3,21,23,24);1H. The van der Waals surface area contributed by atoms with Gasteiger partial charge in [0.25, 0.3) is 5.89 Å². The Morgan fingerprint density at radius 3 is 2.64 bits per heavy atom. The normalized spacial score (nSPS) is 11.1. The summed E-state index contributed by atoms with van der Waals surface area (Å²) in [5, 5.41) is 7.06. The summed E-state index contributed by atoms with van der Waals surface area (Å²) in [4.78, 5) is 12.9. The molecule has 0 aliphatic carbocycles. The second kappa shape index (κ2) is 11.4. The van der Waals surface area contributed by atoms with E-state index < -0.39 is 0 Å². The molecule has 0 aliphatic rings. The van der Waals surface area contributed by atoms with Gasteiger partial charge in [-0.1, -0.05) is 30.3 Å². The van der Waals surface area contributed by atoms with Crippen molar-refractivity contribution in [2.75, 3.05) is 13.1 Å². The first kappa shape index (κ1) is 21.8. The fraction of sp³-hybridized carbons (Fsp3) is 0.300. The van der Waals surface area contributed by atoms with E-state index in [1.54, 1.807) is 6.20 Å². The van der Waals surface area contributed by atoms with Crippen molar-refractivity contribution in [2.45, 2.75) is 26.2 Å². The molecule has 1 aromatic carbocycles. The van der Waals surface area contributed by atoms with Gasteiger partial charge in [-0.3, -0.25) is 9.98 Å². The van der Waals surface area contributed by atoms with E-state index in [2.05, 4.69) is 37.6 Å². The SMILES string of the molecule is CCc1noc(-c2ccc(CCNC(N)=NCCc3ccccn3)cc2)n1.I. The van der Waals surface area contributed by atoms with Gasteiger partial charge in [0.05, 0.1) is 0 Å². The molecule has 0 fully saturated rings.